The van der Waals surface area contributed by atoms with Crippen molar-refractivity contribution in [2.24, 2.45) is 0 Å². The van der Waals surface area contributed by atoms with Crippen LogP contribution in [0.1, 0.15) is 43.0 Å². The molecule has 0 saturated heterocycles. The lowest BCUT2D eigenvalue weighted by atomic mass is 10.2. The van der Waals surface area contributed by atoms with E-state index >= 15 is 0 Å². The quantitative estimate of drug-likeness (QED) is 0.291. The van der Waals surface area contributed by atoms with E-state index in [1.54, 1.807) is 42.5 Å². The van der Waals surface area contributed by atoms with Gasteiger partial charge in [0.1, 0.15) is 11.5 Å². The second-order valence-corrected chi connectivity index (χ2v) is 6.64. The lowest BCUT2D eigenvalue weighted by Gasteiger charge is -2.10. The van der Waals surface area contributed by atoms with Gasteiger partial charge in [-0.2, -0.15) is 0 Å². The van der Waals surface area contributed by atoms with Crippen molar-refractivity contribution in [1.82, 2.24) is 0 Å². The number of carbonyl (C=O) groups excluding carboxylic acids is 1. The van der Waals surface area contributed by atoms with Crippen LogP contribution in [0.5, 0.6) is 11.5 Å². The Hall–Kier alpha value is -1.52. The van der Waals surface area contributed by atoms with Gasteiger partial charge >= 0.3 is 5.97 Å². The maximum atomic E-state index is 12.2. The molecule has 0 aliphatic carbocycles. The summed E-state index contributed by atoms with van der Waals surface area (Å²) in [6.45, 7) is 2.85. The summed E-state index contributed by atoms with van der Waals surface area (Å²) in [6.07, 6.45) is 4.61. The van der Waals surface area contributed by atoms with Gasteiger partial charge in [-0.05, 0) is 52.7 Å². The van der Waals surface area contributed by atoms with Crippen LogP contribution in [-0.4, -0.2) is 12.6 Å². The van der Waals surface area contributed by atoms with E-state index in [1.807, 2.05) is 0 Å². The van der Waals surface area contributed by atoms with E-state index in [4.69, 9.17) is 21.1 Å². The summed E-state index contributed by atoms with van der Waals surface area (Å²) in [4.78, 5) is 12.2. The summed E-state index contributed by atoms with van der Waals surface area (Å²) in [6, 6.07) is 12.0. The third-order valence-corrected chi connectivity index (χ3v) is 4.39. The second-order valence-electron chi connectivity index (χ2n) is 5.37. The first kappa shape index (κ1) is 18.8. The maximum absolute atomic E-state index is 12.2. The molecule has 0 saturated carbocycles. The first-order chi connectivity index (χ1) is 11.6. The molecule has 24 heavy (non-hydrogen) atoms. The first-order valence-electron chi connectivity index (χ1n) is 8.01. The average Bonchev–Trinajstić information content (AvgIpc) is 2.58. The maximum Gasteiger partial charge on any atom is 0.343 e. The van der Waals surface area contributed by atoms with Crippen molar-refractivity contribution in [3.63, 3.8) is 0 Å². The van der Waals surface area contributed by atoms with Crippen LogP contribution in [0.3, 0.4) is 0 Å². The molecule has 128 valence electrons. The molecule has 5 heteroatoms. The van der Waals surface area contributed by atoms with Crippen molar-refractivity contribution >= 4 is 33.5 Å². The molecule has 0 amide bonds. The van der Waals surface area contributed by atoms with Gasteiger partial charge in [-0.3, -0.25) is 0 Å². The number of para-hydroxylation sites is 1. The number of benzene rings is 2. The van der Waals surface area contributed by atoms with Crippen LogP contribution < -0.4 is 9.47 Å². The number of hydrogen-bond donors (Lipinski definition) is 0. The molecule has 0 N–H and O–H groups in total. The van der Waals surface area contributed by atoms with E-state index in [2.05, 4.69) is 22.9 Å². The minimum Gasteiger partial charge on any atom is -0.492 e. The SMILES string of the molecule is CCCCCCOc1ccc(C(=O)Oc2ccccc2Cl)cc1Br. The highest BCUT2D eigenvalue weighted by Gasteiger charge is 2.13. The number of rotatable bonds is 8. The average molecular weight is 412 g/mol. The van der Waals surface area contributed by atoms with Crippen molar-refractivity contribution in [2.45, 2.75) is 32.6 Å². The van der Waals surface area contributed by atoms with Crippen molar-refractivity contribution in [2.75, 3.05) is 6.61 Å². The smallest absolute Gasteiger partial charge is 0.343 e. The van der Waals surface area contributed by atoms with Gasteiger partial charge in [0.2, 0.25) is 0 Å². The van der Waals surface area contributed by atoms with Crippen molar-refractivity contribution < 1.29 is 14.3 Å². The second kappa shape index (κ2) is 9.70. The molecule has 2 aromatic carbocycles. The summed E-state index contributed by atoms with van der Waals surface area (Å²) in [5, 5.41) is 0.400. The van der Waals surface area contributed by atoms with Crippen LogP contribution in [0.15, 0.2) is 46.9 Å². The largest absolute Gasteiger partial charge is 0.492 e. The molecule has 0 spiro atoms. The number of unbranched alkanes of at least 4 members (excludes halogenated alkanes) is 3. The number of halogens is 2. The Morgan fingerprint density at radius 2 is 1.88 bits per heavy atom. The van der Waals surface area contributed by atoms with E-state index < -0.39 is 5.97 Å². The predicted octanol–water partition coefficient (Wildman–Crippen LogP) is 6.28. The Bertz CT molecular complexity index is 688. The fourth-order valence-corrected chi connectivity index (χ4v) is 2.81. The minimum absolute atomic E-state index is 0.344. The highest BCUT2D eigenvalue weighted by molar-refractivity contribution is 9.10. The Kier molecular flexibility index (Phi) is 7.60. The van der Waals surface area contributed by atoms with E-state index in [0.29, 0.717) is 22.9 Å². The molecule has 0 aromatic heterocycles. The van der Waals surface area contributed by atoms with E-state index in [-0.39, 0.29) is 0 Å². The standard InChI is InChI=1S/C19H20BrClO3/c1-2-3-4-7-12-23-17-11-10-14(13-15(17)20)19(22)24-18-9-6-5-8-16(18)21/h5-6,8-11,13H,2-4,7,12H2,1H3. The Morgan fingerprint density at radius 1 is 1.08 bits per heavy atom. The highest BCUT2D eigenvalue weighted by Crippen LogP contribution is 2.28. The van der Waals surface area contributed by atoms with Crippen LogP contribution in [0, 0.1) is 0 Å². The summed E-state index contributed by atoms with van der Waals surface area (Å²) in [7, 11) is 0. The van der Waals surface area contributed by atoms with Crippen molar-refractivity contribution in [3.8, 4) is 11.5 Å². The lowest BCUT2D eigenvalue weighted by Crippen LogP contribution is -2.09. The number of carbonyl (C=O) groups is 1. The molecular weight excluding hydrogens is 392 g/mol. The van der Waals surface area contributed by atoms with Crippen LogP contribution >= 0.6 is 27.5 Å². The predicted molar refractivity (Wildman–Crippen MR) is 100 cm³/mol. The molecule has 2 aromatic rings. The first-order valence-corrected chi connectivity index (χ1v) is 9.18. The zero-order chi connectivity index (χ0) is 17.4. The van der Waals surface area contributed by atoms with Gasteiger partial charge in [0.15, 0.2) is 0 Å². The Balaban J connectivity index is 1.96. The molecule has 0 radical (unpaired) electrons. The summed E-state index contributed by atoms with van der Waals surface area (Å²) in [5.41, 5.74) is 0.431. The van der Waals surface area contributed by atoms with Gasteiger partial charge < -0.3 is 9.47 Å². The van der Waals surface area contributed by atoms with E-state index in [0.717, 1.165) is 23.1 Å². The molecule has 0 unspecified atom stereocenters. The normalized spacial score (nSPS) is 10.5. The summed E-state index contributed by atoms with van der Waals surface area (Å²) in [5.74, 6) is 0.607. The Morgan fingerprint density at radius 3 is 2.58 bits per heavy atom. The molecular formula is C19H20BrClO3. The topological polar surface area (TPSA) is 35.5 Å². The van der Waals surface area contributed by atoms with Gasteiger partial charge in [-0.15, -0.1) is 0 Å². The van der Waals surface area contributed by atoms with E-state index in [1.165, 1.54) is 12.8 Å². The zero-order valence-electron chi connectivity index (χ0n) is 13.6. The lowest BCUT2D eigenvalue weighted by molar-refractivity contribution is 0.0734. The van der Waals surface area contributed by atoms with Gasteiger partial charge in [0.05, 0.1) is 21.7 Å². The third-order valence-electron chi connectivity index (χ3n) is 3.46. The Labute approximate surface area is 156 Å². The molecule has 2 rings (SSSR count). The molecule has 0 heterocycles. The third kappa shape index (κ3) is 5.53. The number of ether oxygens (including phenoxy) is 2. The van der Waals surface area contributed by atoms with Gasteiger partial charge in [-0.1, -0.05) is 49.9 Å². The van der Waals surface area contributed by atoms with Gasteiger partial charge in [0.25, 0.3) is 0 Å². The van der Waals surface area contributed by atoms with Crippen molar-refractivity contribution in [3.05, 3.63) is 57.5 Å². The van der Waals surface area contributed by atoms with Gasteiger partial charge in [0, 0.05) is 0 Å². The fourth-order valence-electron chi connectivity index (χ4n) is 2.14. The summed E-state index contributed by atoms with van der Waals surface area (Å²) >= 11 is 9.44. The zero-order valence-corrected chi connectivity index (χ0v) is 15.9. The number of esters is 1. The van der Waals surface area contributed by atoms with Crippen LogP contribution in [0.2, 0.25) is 5.02 Å². The molecule has 3 nitrogen and oxygen atoms in total. The van der Waals surface area contributed by atoms with Crippen LogP contribution in [0.25, 0.3) is 0 Å². The van der Waals surface area contributed by atoms with Crippen LogP contribution in [-0.2, 0) is 0 Å². The molecule has 0 fully saturated rings. The highest BCUT2D eigenvalue weighted by atomic mass is 79.9. The summed E-state index contributed by atoms with van der Waals surface area (Å²) < 4.78 is 11.8. The van der Waals surface area contributed by atoms with Gasteiger partial charge in [-0.25, -0.2) is 4.79 Å². The molecule has 0 aliphatic heterocycles. The minimum atomic E-state index is -0.460. The fraction of sp³-hybridized carbons (Fsp3) is 0.316. The molecule has 0 atom stereocenters. The van der Waals surface area contributed by atoms with Crippen molar-refractivity contribution in [1.29, 1.82) is 0 Å². The number of hydrogen-bond acceptors (Lipinski definition) is 3. The van der Waals surface area contributed by atoms with Crippen LogP contribution in [0.4, 0.5) is 0 Å². The van der Waals surface area contributed by atoms with E-state index in [9.17, 15) is 4.79 Å². The molecule has 0 aliphatic rings. The molecule has 0 bridgehead atoms. The monoisotopic (exact) mass is 410 g/mol.